The standard InChI is InChI=1S/C15H26N4S/c1-3-8-17-15(16)18-11-12-6-4-9-19(2)14(12)13-7-5-10-20-13/h5,7,10,12,14H,3-4,6,8-9,11H2,1-2H3,(H3,16,17,18). The first-order valence-electron chi connectivity index (χ1n) is 7.49. The minimum atomic E-state index is 0.492. The molecule has 1 fully saturated rings. The van der Waals surface area contributed by atoms with Crippen molar-refractivity contribution in [2.45, 2.75) is 32.2 Å². The number of nitrogens with one attached hydrogen (secondary N) is 1. The van der Waals surface area contributed by atoms with Crippen molar-refractivity contribution in [3.63, 3.8) is 0 Å². The summed E-state index contributed by atoms with van der Waals surface area (Å²) in [6, 6.07) is 4.87. The van der Waals surface area contributed by atoms with Crippen LogP contribution in [0.5, 0.6) is 0 Å². The number of likely N-dealkylation sites (tertiary alicyclic amines) is 1. The number of nitrogens with two attached hydrogens (primary N) is 1. The lowest BCUT2D eigenvalue weighted by molar-refractivity contribution is 0.128. The Kier molecular flexibility index (Phi) is 5.86. The predicted octanol–water partition coefficient (Wildman–Crippen LogP) is 2.45. The second-order valence-electron chi connectivity index (χ2n) is 5.50. The molecule has 20 heavy (non-hydrogen) atoms. The topological polar surface area (TPSA) is 53.6 Å². The van der Waals surface area contributed by atoms with E-state index in [2.05, 4.69) is 46.7 Å². The molecular weight excluding hydrogens is 268 g/mol. The molecule has 4 nitrogen and oxygen atoms in total. The fourth-order valence-corrected chi connectivity index (χ4v) is 3.87. The van der Waals surface area contributed by atoms with Gasteiger partial charge in [-0.2, -0.15) is 0 Å². The number of piperidine rings is 1. The van der Waals surface area contributed by atoms with E-state index in [1.54, 1.807) is 0 Å². The van der Waals surface area contributed by atoms with Gasteiger partial charge in [0.1, 0.15) is 0 Å². The van der Waals surface area contributed by atoms with Crippen LogP contribution >= 0.6 is 11.3 Å². The van der Waals surface area contributed by atoms with Crippen LogP contribution in [0.15, 0.2) is 22.5 Å². The van der Waals surface area contributed by atoms with Crippen LogP contribution in [-0.2, 0) is 0 Å². The molecule has 1 aliphatic heterocycles. The summed E-state index contributed by atoms with van der Waals surface area (Å²) in [7, 11) is 2.22. The van der Waals surface area contributed by atoms with Crippen molar-refractivity contribution in [2.24, 2.45) is 16.6 Å². The first-order chi connectivity index (χ1) is 9.72. The fourth-order valence-electron chi connectivity index (χ4n) is 2.88. The number of thiophene rings is 1. The van der Waals surface area contributed by atoms with Gasteiger partial charge in [0, 0.05) is 24.0 Å². The summed E-state index contributed by atoms with van der Waals surface area (Å²) >= 11 is 1.85. The van der Waals surface area contributed by atoms with Crippen molar-refractivity contribution in [1.29, 1.82) is 0 Å². The van der Waals surface area contributed by atoms with E-state index in [4.69, 9.17) is 5.73 Å². The number of guanidine groups is 1. The van der Waals surface area contributed by atoms with Crippen molar-refractivity contribution < 1.29 is 0 Å². The highest BCUT2D eigenvalue weighted by Crippen LogP contribution is 2.37. The minimum absolute atomic E-state index is 0.492. The molecule has 0 aromatic carbocycles. The van der Waals surface area contributed by atoms with Crippen LogP contribution in [0.4, 0.5) is 0 Å². The van der Waals surface area contributed by atoms with Crippen molar-refractivity contribution in [3.05, 3.63) is 22.4 Å². The number of hydrogen-bond acceptors (Lipinski definition) is 3. The van der Waals surface area contributed by atoms with Gasteiger partial charge in [-0.15, -0.1) is 11.3 Å². The Morgan fingerprint density at radius 2 is 2.45 bits per heavy atom. The number of hydrogen-bond donors (Lipinski definition) is 2. The van der Waals surface area contributed by atoms with E-state index in [0.29, 0.717) is 17.9 Å². The molecule has 0 amide bonds. The number of rotatable bonds is 5. The fraction of sp³-hybridized carbons (Fsp3) is 0.667. The SMILES string of the molecule is CCCNC(N)=NCC1CCCN(C)C1c1cccs1. The summed E-state index contributed by atoms with van der Waals surface area (Å²) in [6.45, 7) is 5.01. The lowest BCUT2D eigenvalue weighted by Gasteiger charge is -2.38. The molecule has 2 heterocycles. The zero-order chi connectivity index (χ0) is 14.4. The van der Waals surface area contributed by atoms with Crippen LogP contribution in [0.25, 0.3) is 0 Å². The highest BCUT2D eigenvalue weighted by atomic mass is 32.1. The van der Waals surface area contributed by atoms with Gasteiger partial charge in [-0.1, -0.05) is 13.0 Å². The summed E-state index contributed by atoms with van der Waals surface area (Å²) in [5, 5.41) is 5.31. The lowest BCUT2D eigenvalue weighted by Crippen LogP contribution is -2.38. The Labute approximate surface area is 126 Å². The molecule has 0 radical (unpaired) electrons. The molecule has 1 aliphatic rings. The van der Waals surface area contributed by atoms with Gasteiger partial charge in [0.05, 0.1) is 0 Å². The van der Waals surface area contributed by atoms with Crippen LogP contribution in [0.1, 0.15) is 37.1 Å². The Morgan fingerprint density at radius 3 is 3.15 bits per heavy atom. The Balaban J connectivity index is 2.00. The molecule has 1 aromatic heterocycles. The second kappa shape index (κ2) is 7.64. The molecule has 1 aromatic rings. The van der Waals surface area contributed by atoms with Crippen molar-refractivity contribution in [2.75, 3.05) is 26.7 Å². The Bertz CT molecular complexity index is 416. The third-order valence-electron chi connectivity index (χ3n) is 3.89. The first-order valence-corrected chi connectivity index (χ1v) is 8.37. The van der Waals surface area contributed by atoms with Gasteiger partial charge >= 0.3 is 0 Å². The highest BCUT2D eigenvalue weighted by molar-refractivity contribution is 7.10. The predicted molar refractivity (Wildman–Crippen MR) is 87.2 cm³/mol. The molecular formula is C15H26N4S. The van der Waals surface area contributed by atoms with E-state index in [9.17, 15) is 0 Å². The Morgan fingerprint density at radius 1 is 1.60 bits per heavy atom. The summed E-state index contributed by atoms with van der Waals surface area (Å²) in [5.74, 6) is 1.15. The van der Waals surface area contributed by atoms with E-state index in [1.807, 2.05) is 11.3 Å². The average Bonchev–Trinajstić information content (AvgIpc) is 2.96. The van der Waals surface area contributed by atoms with E-state index >= 15 is 0 Å². The summed E-state index contributed by atoms with van der Waals surface area (Å²) in [4.78, 5) is 8.46. The quantitative estimate of drug-likeness (QED) is 0.648. The number of nitrogens with zero attached hydrogens (tertiary/aromatic N) is 2. The zero-order valence-electron chi connectivity index (χ0n) is 12.5. The molecule has 2 rings (SSSR count). The van der Waals surface area contributed by atoms with Gasteiger partial charge in [0.2, 0.25) is 0 Å². The van der Waals surface area contributed by atoms with Crippen molar-refractivity contribution in [1.82, 2.24) is 10.2 Å². The molecule has 0 aliphatic carbocycles. The molecule has 0 saturated carbocycles. The maximum absolute atomic E-state index is 5.90. The summed E-state index contributed by atoms with van der Waals surface area (Å²) in [6.07, 6.45) is 3.55. The third kappa shape index (κ3) is 3.96. The Hall–Kier alpha value is -1.07. The van der Waals surface area contributed by atoms with E-state index in [-0.39, 0.29) is 0 Å². The van der Waals surface area contributed by atoms with Gasteiger partial charge in [-0.25, -0.2) is 0 Å². The maximum Gasteiger partial charge on any atom is 0.188 e. The summed E-state index contributed by atoms with van der Waals surface area (Å²) < 4.78 is 0. The molecule has 3 N–H and O–H groups in total. The van der Waals surface area contributed by atoms with Gasteiger partial charge in [0.15, 0.2) is 5.96 Å². The van der Waals surface area contributed by atoms with Crippen LogP contribution in [0.3, 0.4) is 0 Å². The lowest BCUT2D eigenvalue weighted by atomic mass is 9.88. The van der Waals surface area contributed by atoms with E-state index < -0.39 is 0 Å². The van der Waals surface area contributed by atoms with Crippen molar-refractivity contribution in [3.8, 4) is 0 Å². The zero-order valence-corrected chi connectivity index (χ0v) is 13.3. The molecule has 2 unspecified atom stereocenters. The van der Waals surface area contributed by atoms with Gasteiger partial charge < -0.3 is 11.1 Å². The largest absolute Gasteiger partial charge is 0.370 e. The smallest absolute Gasteiger partial charge is 0.188 e. The van der Waals surface area contributed by atoms with E-state index in [1.165, 1.54) is 24.3 Å². The molecule has 2 atom stereocenters. The highest BCUT2D eigenvalue weighted by Gasteiger charge is 2.30. The van der Waals surface area contributed by atoms with Crippen LogP contribution < -0.4 is 11.1 Å². The third-order valence-corrected chi connectivity index (χ3v) is 4.84. The number of aliphatic imine (C=N–C) groups is 1. The van der Waals surface area contributed by atoms with Gasteiger partial charge in [0.25, 0.3) is 0 Å². The van der Waals surface area contributed by atoms with Gasteiger partial charge in [-0.05, 0) is 50.2 Å². The molecule has 5 heteroatoms. The molecule has 0 bridgehead atoms. The second-order valence-corrected chi connectivity index (χ2v) is 6.48. The molecule has 1 saturated heterocycles. The van der Waals surface area contributed by atoms with Crippen LogP contribution in [0, 0.1) is 5.92 Å². The monoisotopic (exact) mass is 294 g/mol. The summed E-state index contributed by atoms with van der Waals surface area (Å²) in [5.41, 5.74) is 5.90. The van der Waals surface area contributed by atoms with Gasteiger partial charge in [-0.3, -0.25) is 9.89 Å². The maximum atomic E-state index is 5.90. The molecule has 0 spiro atoms. The molecule has 112 valence electrons. The first kappa shape index (κ1) is 15.3. The van der Waals surface area contributed by atoms with Crippen LogP contribution in [-0.4, -0.2) is 37.5 Å². The van der Waals surface area contributed by atoms with E-state index in [0.717, 1.165) is 19.5 Å². The van der Waals surface area contributed by atoms with Crippen molar-refractivity contribution >= 4 is 17.3 Å². The normalized spacial score (nSPS) is 24.8. The van der Waals surface area contributed by atoms with Crippen LogP contribution in [0.2, 0.25) is 0 Å². The average molecular weight is 294 g/mol. The minimum Gasteiger partial charge on any atom is -0.370 e.